The van der Waals surface area contributed by atoms with Crippen molar-refractivity contribution in [2.45, 2.75) is 0 Å². The van der Waals surface area contributed by atoms with Gasteiger partial charge in [-0.05, 0) is 0 Å². The fraction of sp³-hybridized carbons (Fsp3) is 0.250. The first-order chi connectivity index (χ1) is 5.61. The molecular formula is C8H10N2O2. The lowest BCUT2D eigenvalue weighted by Gasteiger charge is -2.08. The number of H-pyrrole nitrogens is 1. The third-order valence-electron chi connectivity index (χ3n) is 1.41. The highest BCUT2D eigenvalue weighted by Crippen LogP contribution is 1.92. The fourth-order valence-electron chi connectivity index (χ4n) is 0.810. The fourth-order valence-corrected chi connectivity index (χ4v) is 0.810. The third kappa shape index (κ3) is 1.72. The van der Waals surface area contributed by atoms with Crippen molar-refractivity contribution in [1.29, 1.82) is 0 Å². The van der Waals surface area contributed by atoms with Gasteiger partial charge in [0.15, 0.2) is 5.43 Å². The second-order valence-corrected chi connectivity index (χ2v) is 2.64. The summed E-state index contributed by atoms with van der Waals surface area (Å²) in [6.07, 6.45) is 1.46. The predicted molar refractivity (Wildman–Crippen MR) is 45.1 cm³/mol. The number of carbonyl (C=O) groups excluding carboxylic acids is 1. The van der Waals surface area contributed by atoms with Crippen molar-refractivity contribution in [3.8, 4) is 0 Å². The van der Waals surface area contributed by atoms with Crippen LogP contribution in [-0.4, -0.2) is 29.9 Å². The molecule has 12 heavy (non-hydrogen) atoms. The topological polar surface area (TPSA) is 53.2 Å². The zero-order valence-electron chi connectivity index (χ0n) is 7.00. The molecule has 1 N–H and O–H groups in total. The van der Waals surface area contributed by atoms with Gasteiger partial charge in [0.25, 0.3) is 5.91 Å². The van der Waals surface area contributed by atoms with E-state index in [9.17, 15) is 9.59 Å². The van der Waals surface area contributed by atoms with E-state index in [0.717, 1.165) is 0 Å². The molecule has 0 aliphatic rings. The molecule has 0 aromatic carbocycles. The Morgan fingerprint density at radius 2 is 2.17 bits per heavy atom. The first kappa shape index (κ1) is 8.52. The van der Waals surface area contributed by atoms with E-state index in [2.05, 4.69) is 4.98 Å². The summed E-state index contributed by atoms with van der Waals surface area (Å²) in [4.78, 5) is 26.2. The van der Waals surface area contributed by atoms with Crippen LogP contribution in [0.3, 0.4) is 0 Å². The SMILES string of the molecule is CN(C)C(=O)c1cc(=O)cc[nH]1. The Morgan fingerprint density at radius 3 is 2.67 bits per heavy atom. The van der Waals surface area contributed by atoms with Crippen LogP contribution in [0, 0.1) is 0 Å². The van der Waals surface area contributed by atoms with Gasteiger partial charge in [-0.2, -0.15) is 0 Å². The van der Waals surface area contributed by atoms with Crippen molar-refractivity contribution >= 4 is 5.91 Å². The van der Waals surface area contributed by atoms with E-state index >= 15 is 0 Å². The molecule has 0 unspecified atom stereocenters. The first-order valence-electron chi connectivity index (χ1n) is 3.51. The van der Waals surface area contributed by atoms with Crippen molar-refractivity contribution in [1.82, 2.24) is 9.88 Å². The van der Waals surface area contributed by atoms with Gasteiger partial charge in [-0.3, -0.25) is 9.59 Å². The average molecular weight is 166 g/mol. The van der Waals surface area contributed by atoms with Gasteiger partial charge in [0.05, 0.1) is 0 Å². The van der Waals surface area contributed by atoms with E-state index in [1.165, 1.54) is 23.2 Å². The standard InChI is InChI=1S/C8H10N2O2/c1-10(2)8(12)7-5-6(11)3-4-9-7/h3-5H,1-2H3,(H,9,11). The lowest BCUT2D eigenvalue weighted by atomic mass is 10.3. The van der Waals surface area contributed by atoms with Gasteiger partial charge in [0.1, 0.15) is 5.69 Å². The normalized spacial score (nSPS) is 9.50. The van der Waals surface area contributed by atoms with E-state index in [0.29, 0.717) is 5.69 Å². The Morgan fingerprint density at radius 1 is 1.50 bits per heavy atom. The first-order valence-corrected chi connectivity index (χ1v) is 3.51. The molecule has 4 heteroatoms. The van der Waals surface area contributed by atoms with Gasteiger partial charge in [0, 0.05) is 32.4 Å². The van der Waals surface area contributed by atoms with Crippen LogP contribution in [0.4, 0.5) is 0 Å². The third-order valence-corrected chi connectivity index (χ3v) is 1.41. The Kier molecular flexibility index (Phi) is 2.28. The van der Waals surface area contributed by atoms with Crippen molar-refractivity contribution in [3.63, 3.8) is 0 Å². The maximum atomic E-state index is 11.3. The molecule has 0 saturated carbocycles. The molecule has 1 aromatic heterocycles. The molecule has 0 aliphatic heterocycles. The quantitative estimate of drug-likeness (QED) is 0.642. The van der Waals surface area contributed by atoms with Gasteiger partial charge >= 0.3 is 0 Å². The monoisotopic (exact) mass is 166 g/mol. The maximum Gasteiger partial charge on any atom is 0.269 e. The zero-order valence-corrected chi connectivity index (χ0v) is 7.00. The molecular weight excluding hydrogens is 156 g/mol. The van der Waals surface area contributed by atoms with E-state index < -0.39 is 0 Å². The molecule has 4 nitrogen and oxygen atoms in total. The number of carbonyl (C=O) groups is 1. The van der Waals surface area contributed by atoms with Crippen LogP contribution in [0.15, 0.2) is 23.1 Å². The minimum absolute atomic E-state index is 0.168. The molecule has 0 bridgehead atoms. The molecule has 0 spiro atoms. The summed E-state index contributed by atoms with van der Waals surface area (Å²) >= 11 is 0. The smallest absolute Gasteiger partial charge is 0.269 e. The molecule has 0 saturated heterocycles. The van der Waals surface area contributed by atoms with Crippen LogP contribution in [0.2, 0.25) is 0 Å². The van der Waals surface area contributed by atoms with Crippen LogP contribution in [-0.2, 0) is 0 Å². The van der Waals surface area contributed by atoms with E-state index in [-0.39, 0.29) is 11.3 Å². The summed E-state index contributed by atoms with van der Waals surface area (Å²) in [5, 5.41) is 0. The highest BCUT2D eigenvalue weighted by atomic mass is 16.2. The Bertz CT molecular complexity index is 341. The molecule has 1 aromatic rings. The molecule has 1 heterocycles. The Hall–Kier alpha value is -1.58. The lowest BCUT2D eigenvalue weighted by Crippen LogP contribution is -2.23. The molecule has 0 aliphatic carbocycles. The van der Waals surface area contributed by atoms with Gasteiger partial charge in [-0.15, -0.1) is 0 Å². The summed E-state index contributed by atoms with van der Waals surface area (Å²) in [5.74, 6) is -0.201. The highest BCUT2D eigenvalue weighted by molar-refractivity contribution is 5.91. The van der Waals surface area contributed by atoms with Gasteiger partial charge in [-0.25, -0.2) is 0 Å². The summed E-state index contributed by atoms with van der Waals surface area (Å²) in [6.45, 7) is 0. The number of hydrogen-bond donors (Lipinski definition) is 1. The van der Waals surface area contributed by atoms with Crippen molar-refractivity contribution in [3.05, 3.63) is 34.2 Å². The summed E-state index contributed by atoms with van der Waals surface area (Å²) in [6, 6.07) is 2.65. The summed E-state index contributed by atoms with van der Waals surface area (Å²) in [7, 11) is 3.27. The lowest BCUT2D eigenvalue weighted by molar-refractivity contribution is 0.0822. The number of amides is 1. The Labute approximate surface area is 69.8 Å². The second kappa shape index (κ2) is 3.21. The van der Waals surface area contributed by atoms with Gasteiger partial charge in [-0.1, -0.05) is 0 Å². The van der Waals surface area contributed by atoms with Gasteiger partial charge in [0.2, 0.25) is 0 Å². The minimum atomic E-state index is -0.201. The largest absolute Gasteiger partial charge is 0.357 e. The highest BCUT2D eigenvalue weighted by Gasteiger charge is 2.07. The van der Waals surface area contributed by atoms with Crippen LogP contribution in [0.1, 0.15) is 10.5 Å². The number of aromatic amines is 1. The molecule has 0 atom stereocenters. The number of nitrogens with zero attached hydrogens (tertiary/aromatic N) is 1. The number of rotatable bonds is 1. The molecule has 0 radical (unpaired) electrons. The van der Waals surface area contributed by atoms with Gasteiger partial charge < -0.3 is 9.88 Å². The zero-order chi connectivity index (χ0) is 9.14. The molecule has 0 fully saturated rings. The molecule has 64 valence electrons. The predicted octanol–water partition coefficient (Wildman–Crippen LogP) is 0.0767. The number of aromatic nitrogens is 1. The second-order valence-electron chi connectivity index (χ2n) is 2.64. The van der Waals surface area contributed by atoms with E-state index in [1.54, 1.807) is 14.1 Å². The van der Waals surface area contributed by atoms with E-state index in [4.69, 9.17) is 0 Å². The van der Waals surface area contributed by atoms with Crippen molar-refractivity contribution in [2.24, 2.45) is 0 Å². The molecule has 1 rings (SSSR count). The van der Waals surface area contributed by atoms with Crippen molar-refractivity contribution < 1.29 is 4.79 Å². The number of nitrogens with one attached hydrogen (secondary N) is 1. The summed E-state index contributed by atoms with van der Waals surface area (Å²) in [5.41, 5.74) is 0.145. The van der Waals surface area contributed by atoms with Crippen LogP contribution in [0.5, 0.6) is 0 Å². The minimum Gasteiger partial charge on any atom is -0.357 e. The van der Waals surface area contributed by atoms with Crippen LogP contribution in [0.25, 0.3) is 0 Å². The summed E-state index contributed by atoms with van der Waals surface area (Å²) < 4.78 is 0. The van der Waals surface area contributed by atoms with Crippen LogP contribution < -0.4 is 5.43 Å². The maximum absolute atomic E-state index is 11.3. The van der Waals surface area contributed by atoms with Crippen LogP contribution >= 0.6 is 0 Å². The Balaban J connectivity index is 3.04. The van der Waals surface area contributed by atoms with Crippen molar-refractivity contribution in [2.75, 3.05) is 14.1 Å². The number of pyridine rings is 1. The molecule has 1 amide bonds. The number of hydrogen-bond acceptors (Lipinski definition) is 2. The van der Waals surface area contributed by atoms with E-state index in [1.807, 2.05) is 0 Å². The average Bonchev–Trinajstić information content (AvgIpc) is 2.03.